The predicted molar refractivity (Wildman–Crippen MR) is 67.8 cm³/mol. The van der Waals surface area contributed by atoms with E-state index < -0.39 is 10.0 Å². The van der Waals surface area contributed by atoms with Gasteiger partial charge in [0.15, 0.2) is 0 Å². The van der Waals surface area contributed by atoms with Crippen LogP contribution >= 0.6 is 0 Å². The normalized spacial score (nSPS) is 27.7. The number of aliphatic hydroxyl groups excluding tert-OH is 1. The molecule has 1 unspecified atom stereocenters. The summed E-state index contributed by atoms with van der Waals surface area (Å²) in [4.78, 5) is 2.09. The average molecular weight is 278 g/mol. The van der Waals surface area contributed by atoms with Gasteiger partial charge in [-0.3, -0.25) is 4.90 Å². The fourth-order valence-corrected chi connectivity index (χ4v) is 4.28. The molecule has 0 radical (unpaired) electrons. The molecule has 0 bridgehead atoms. The minimum atomic E-state index is -3.14. The smallest absolute Gasteiger partial charge is 0.214 e. The second kappa shape index (κ2) is 6.29. The van der Waals surface area contributed by atoms with E-state index in [0.717, 1.165) is 6.42 Å². The van der Waals surface area contributed by atoms with Crippen molar-refractivity contribution in [3.05, 3.63) is 0 Å². The van der Waals surface area contributed by atoms with Gasteiger partial charge in [-0.05, 0) is 12.3 Å². The monoisotopic (exact) mass is 278 g/mol. The number of ether oxygens (including phenoxy) is 1. The van der Waals surface area contributed by atoms with Crippen molar-refractivity contribution in [1.82, 2.24) is 9.21 Å². The number of nitrogens with zero attached hydrogens (tertiary/aromatic N) is 2. The average Bonchev–Trinajstić information content (AvgIpc) is 2.82. The molecule has 0 aromatic heterocycles. The van der Waals surface area contributed by atoms with Crippen molar-refractivity contribution in [2.75, 3.05) is 58.3 Å². The largest absolute Gasteiger partial charge is 0.395 e. The molecule has 0 spiro atoms. The van der Waals surface area contributed by atoms with E-state index in [-0.39, 0.29) is 18.3 Å². The van der Waals surface area contributed by atoms with Gasteiger partial charge >= 0.3 is 0 Å². The molecular weight excluding hydrogens is 256 g/mol. The van der Waals surface area contributed by atoms with Gasteiger partial charge in [0, 0.05) is 39.3 Å². The van der Waals surface area contributed by atoms with Crippen LogP contribution in [0.5, 0.6) is 0 Å². The van der Waals surface area contributed by atoms with Crippen LogP contribution in [-0.2, 0) is 14.8 Å². The number of sulfonamides is 1. The molecule has 2 aliphatic heterocycles. The van der Waals surface area contributed by atoms with Crippen LogP contribution in [0.15, 0.2) is 0 Å². The van der Waals surface area contributed by atoms with Gasteiger partial charge in [-0.25, -0.2) is 8.42 Å². The molecule has 2 fully saturated rings. The number of rotatable bonds is 5. The lowest BCUT2D eigenvalue weighted by Gasteiger charge is -2.34. The highest BCUT2D eigenvalue weighted by molar-refractivity contribution is 7.89. The Morgan fingerprint density at radius 2 is 1.94 bits per heavy atom. The summed E-state index contributed by atoms with van der Waals surface area (Å²) in [7, 11) is -3.14. The van der Waals surface area contributed by atoms with Crippen LogP contribution in [0, 0.1) is 5.92 Å². The summed E-state index contributed by atoms with van der Waals surface area (Å²) >= 11 is 0. The van der Waals surface area contributed by atoms with E-state index in [9.17, 15) is 8.42 Å². The summed E-state index contributed by atoms with van der Waals surface area (Å²) in [5.41, 5.74) is 0. The van der Waals surface area contributed by atoms with Crippen LogP contribution in [0.2, 0.25) is 0 Å². The van der Waals surface area contributed by atoms with Crippen molar-refractivity contribution >= 4 is 10.0 Å². The van der Waals surface area contributed by atoms with Crippen molar-refractivity contribution in [1.29, 1.82) is 0 Å². The van der Waals surface area contributed by atoms with E-state index in [1.54, 1.807) is 4.31 Å². The number of aliphatic hydroxyl groups is 1. The molecule has 6 nitrogen and oxygen atoms in total. The topological polar surface area (TPSA) is 70.1 Å². The number of hydrogen-bond donors (Lipinski definition) is 1. The van der Waals surface area contributed by atoms with Crippen molar-refractivity contribution in [2.24, 2.45) is 5.92 Å². The quantitative estimate of drug-likeness (QED) is 0.696. The standard InChI is InChI=1S/C11H22N2O4S/c14-7-6-12-2-4-13(5-3-12)18(15,16)10-11-1-8-17-9-11/h11,14H,1-10H2. The Kier molecular flexibility index (Phi) is 4.97. The molecule has 2 aliphatic rings. The maximum absolute atomic E-state index is 12.2. The first-order valence-corrected chi connectivity index (χ1v) is 8.11. The summed E-state index contributed by atoms with van der Waals surface area (Å²) in [5.74, 6) is 0.373. The van der Waals surface area contributed by atoms with Crippen LogP contribution in [0.4, 0.5) is 0 Å². The van der Waals surface area contributed by atoms with Crippen molar-refractivity contribution < 1.29 is 18.3 Å². The minimum Gasteiger partial charge on any atom is -0.395 e. The summed E-state index contributed by atoms with van der Waals surface area (Å²) in [6, 6.07) is 0. The third-order valence-corrected chi connectivity index (χ3v) is 5.66. The third kappa shape index (κ3) is 3.64. The van der Waals surface area contributed by atoms with E-state index in [4.69, 9.17) is 9.84 Å². The maximum Gasteiger partial charge on any atom is 0.214 e. The number of piperazine rings is 1. The highest BCUT2D eigenvalue weighted by Crippen LogP contribution is 2.18. The van der Waals surface area contributed by atoms with E-state index in [1.165, 1.54) is 0 Å². The van der Waals surface area contributed by atoms with Crippen molar-refractivity contribution in [3.8, 4) is 0 Å². The first kappa shape index (κ1) is 14.2. The Morgan fingerprint density at radius 3 is 2.50 bits per heavy atom. The van der Waals surface area contributed by atoms with Crippen LogP contribution < -0.4 is 0 Å². The van der Waals surface area contributed by atoms with Crippen molar-refractivity contribution in [3.63, 3.8) is 0 Å². The molecule has 2 saturated heterocycles. The van der Waals surface area contributed by atoms with Crippen LogP contribution in [0.1, 0.15) is 6.42 Å². The van der Waals surface area contributed by atoms with E-state index >= 15 is 0 Å². The fraction of sp³-hybridized carbons (Fsp3) is 1.00. The maximum atomic E-state index is 12.2. The number of β-amino-alcohol motifs (C(OH)–C–C–N with tert-alkyl or cyclic N) is 1. The zero-order valence-electron chi connectivity index (χ0n) is 10.6. The van der Waals surface area contributed by atoms with Crippen LogP contribution in [0.25, 0.3) is 0 Å². The molecule has 1 atom stereocenters. The molecule has 0 aliphatic carbocycles. The molecule has 106 valence electrons. The second-order valence-electron chi connectivity index (χ2n) is 4.97. The zero-order valence-corrected chi connectivity index (χ0v) is 11.4. The minimum absolute atomic E-state index is 0.131. The SMILES string of the molecule is O=S(=O)(CC1CCOC1)N1CCN(CCO)CC1. The Labute approximate surface area is 109 Å². The van der Waals surface area contributed by atoms with E-state index in [1.807, 2.05) is 0 Å². The van der Waals surface area contributed by atoms with Gasteiger partial charge in [-0.15, -0.1) is 0 Å². The van der Waals surface area contributed by atoms with Gasteiger partial charge in [0.1, 0.15) is 0 Å². The zero-order chi connectivity index (χ0) is 13.0. The Hall–Kier alpha value is -0.210. The lowest BCUT2D eigenvalue weighted by molar-refractivity contribution is 0.151. The van der Waals surface area contributed by atoms with Gasteiger partial charge in [0.2, 0.25) is 10.0 Å². The first-order chi connectivity index (χ1) is 8.62. The predicted octanol–water partition coefficient (Wildman–Crippen LogP) is -1.04. The molecule has 7 heteroatoms. The van der Waals surface area contributed by atoms with Crippen LogP contribution in [-0.4, -0.2) is 81.0 Å². The van der Waals surface area contributed by atoms with Gasteiger partial charge in [0.25, 0.3) is 0 Å². The molecule has 0 aromatic carbocycles. The van der Waals surface area contributed by atoms with Gasteiger partial charge < -0.3 is 9.84 Å². The highest BCUT2D eigenvalue weighted by Gasteiger charge is 2.30. The summed E-state index contributed by atoms with van der Waals surface area (Å²) in [5, 5.41) is 8.85. The molecule has 2 heterocycles. The summed E-state index contributed by atoms with van der Waals surface area (Å²) < 4.78 is 31.2. The molecule has 18 heavy (non-hydrogen) atoms. The van der Waals surface area contributed by atoms with Crippen molar-refractivity contribution in [2.45, 2.75) is 6.42 Å². The molecule has 0 saturated carbocycles. The summed E-state index contributed by atoms with van der Waals surface area (Å²) in [6.45, 7) is 4.51. The lowest BCUT2D eigenvalue weighted by Crippen LogP contribution is -2.50. The van der Waals surface area contributed by atoms with Crippen LogP contribution in [0.3, 0.4) is 0 Å². The van der Waals surface area contributed by atoms with Gasteiger partial charge in [0.05, 0.1) is 19.0 Å². The third-order valence-electron chi connectivity index (χ3n) is 3.61. The Bertz CT molecular complexity index is 346. The molecular formula is C11H22N2O4S. The first-order valence-electron chi connectivity index (χ1n) is 6.50. The second-order valence-corrected chi connectivity index (χ2v) is 6.99. The van der Waals surface area contributed by atoms with E-state index in [0.29, 0.717) is 45.9 Å². The lowest BCUT2D eigenvalue weighted by atomic mass is 10.2. The molecule has 0 amide bonds. The highest BCUT2D eigenvalue weighted by atomic mass is 32.2. The Morgan fingerprint density at radius 1 is 1.22 bits per heavy atom. The fourth-order valence-electron chi connectivity index (χ4n) is 2.49. The molecule has 2 rings (SSSR count). The number of hydrogen-bond acceptors (Lipinski definition) is 5. The Balaban J connectivity index is 1.83. The molecule has 1 N–H and O–H groups in total. The molecule has 0 aromatic rings. The summed E-state index contributed by atoms with van der Waals surface area (Å²) in [6.07, 6.45) is 0.851. The van der Waals surface area contributed by atoms with E-state index in [2.05, 4.69) is 4.90 Å². The van der Waals surface area contributed by atoms with Gasteiger partial charge in [-0.2, -0.15) is 4.31 Å². The van der Waals surface area contributed by atoms with Gasteiger partial charge in [-0.1, -0.05) is 0 Å².